The first kappa shape index (κ1) is 10.9. The second-order valence-corrected chi connectivity index (χ2v) is 4.70. The van der Waals surface area contributed by atoms with Crippen molar-refractivity contribution in [3.05, 3.63) is 64.0 Å². The van der Waals surface area contributed by atoms with Crippen LogP contribution in [0.3, 0.4) is 0 Å². The predicted octanol–water partition coefficient (Wildman–Crippen LogP) is 3.09. The summed E-state index contributed by atoms with van der Waals surface area (Å²) in [6.07, 6.45) is 1.74. The van der Waals surface area contributed by atoms with E-state index in [2.05, 4.69) is 4.99 Å². The fourth-order valence-electron chi connectivity index (χ4n) is 1.62. The molecule has 3 nitrogen and oxygen atoms in total. The molecule has 2 heterocycles. The van der Waals surface area contributed by atoms with Gasteiger partial charge in [0.2, 0.25) is 5.90 Å². The molecule has 1 aromatic heterocycles. The van der Waals surface area contributed by atoms with Gasteiger partial charge >= 0.3 is 5.97 Å². The third kappa shape index (κ3) is 2.10. The number of hydrogen-bond donors (Lipinski definition) is 0. The number of carbonyl (C=O) groups is 1. The average molecular weight is 255 g/mol. The molecule has 3 rings (SSSR count). The Hall–Kier alpha value is -2.20. The molecule has 4 heteroatoms. The van der Waals surface area contributed by atoms with Gasteiger partial charge in [-0.3, -0.25) is 0 Å². The Morgan fingerprint density at radius 1 is 1.11 bits per heavy atom. The van der Waals surface area contributed by atoms with E-state index in [4.69, 9.17) is 4.74 Å². The summed E-state index contributed by atoms with van der Waals surface area (Å²) in [5.41, 5.74) is 1.15. The summed E-state index contributed by atoms with van der Waals surface area (Å²) in [7, 11) is 0. The summed E-state index contributed by atoms with van der Waals surface area (Å²) in [5, 5.41) is 1.95. The minimum atomic E-state index is -0.401. The van der Waals surface area contributed by atoms with Gasteiger partial charge in [0.05, 0.1) is 0 Å². The van der Waals surface area contributed by atoms with Crippen LogP contribution in [0.25, 0.3) is 6.08 Å². The van der Waals surface area contributed by atoms with Crippen molar-refractivity contribution < 1.29 is 9.53 Å². The van der Waals surface area contributed by atoms with Gasteiger partial charge in [0.25, 0.3) is 0 Å². The van der Waals surface area contributed by atoms with Gasteiger partial charge in [-0.1, -0.05) is 24.3 Å². The maximum absolute atomic E-state index is 11.7. The first-order valence-electron chi connectivity index (χ1n) is 5.44. The minimum Gasteiger partial charge on any atom is -0.402 e. The van der Waals surface area contributed by atoms with Crippen LogP contribution in [0.1, 0.15) is 10.4 Å². The lowest BCUT2D eigenvalue weighted by atomic mass is 10.2. The van der Waals surface area contributed by atoms with E-state index in [1.807, 2.05) is 47.8 Å². The number of cyclic esters (lactones) is 1. The van der Waals surface area contributed by atoms with Gasteiger partial charge in [0.1, 0.15) is 0 Å². The summed E-state index contributed by atoms with van der Waals surface area (Å²) < 4.78 is 5.16. The number of benzene rings is 1. The molecule has 1 aliphatic rings. The Morgan fingerprint density at radius 2 is 1.94 bits per heavy atom. The molecule has 18 heavy (non-hydrogen) atoms. The molecule has 0 amide bonds. The lowest BCUT2D eigenvalue weighted by Gasteiger charge is -1.97. The molecule has 0 bridgehead atoms. The fraction of sp³-hybridized carbons (Fsp3) is 0. The molecule has 0 unspecified atom stereocenters. The van der Waals surface area contributed by atoms with E-state index in [9.17, 15) is 4.79 Å². The first-order chi connectivity index (χ1) is 8.83. The summed E-state index contributed by atoms with van der Waals surface area (Å²) in [5.74, 6) is -0.0364. The Morgan fingerprint density at radius 3 is 2.67 bits per heavy atom. The molecule has 0 fully saturated rings. The molecule has 0 radical (unpaired) electrons. The zero-order chi connectivity index (χ0) is 12.4. The van der Waals surface area contributed by atoms with E-state index < -0.39 is 5.97 Å². The molecule has 0 spiro atoms. The minimum absolute atomic E-state index is 0.344. The molecular formula is C14H9NO2S. The number of ether oxygens (including phenoxy) is 1. The van der Waals surface area contributed by atoms with Crippen molar-refractivity contribution in [3.63, 3.8) is 0 Å². The maximum atomic E-state index is 11.7. The second kappa shape index (κ2) is 4.58. The Kier molecular flexibility index (Phi) is 2.78. The van der Waals surface area contributed by atoms with Crippen molar-refractivity contribution in [2.75, 3.05) is 0 Å². The average Bonchev–Trinajstić information content (AvgIpc) is 3.02. The van der Waals surface area contributed by atoms with Crippen LogP contribution in [0.5, 0.6) is 0 Å². The molecule has 0 saturated heterocycles. The highest BCUT2D eigenvalue weighted by Gasteiger charge is 2.23. The zero-order valence-corrected chi connectivity index (χ0v) is 10.2. The zero-order valence-electron chi connectivity index (χ0n) is 9.37. The van der Waals surface area contributed by atoms with Crippen molar-refractivity contribution in [3.8, 4) is 0 Å². The molecular weight excluding hydrogens is 246 g/mol. The first-order valence-corrected chi connectivity index (χ1v) is 6.32. The van der Waals surface area contributed by atoms with Crippen LogP contribution in [-0.4, -0.2) is 11.9 Å². The normalized spacial score (nSPS) is 16.8. The topological polar surface area (TPSA) is 38.7 Å². The van der Waals surface area contributed by atoms with Crippen LogP contribution in [-0.2, 0) is 9.53 Å². The number of nitrogens with zero attached hydrogens (tertiary/aromatic N) is 1. The lowest BCUT2D eigenvalue weighted by molar-refractivity contribution is -0.129. The van der Waals surface area contributed by atoms with Gasteiger partial charge in [0.15, 0.2) is 5.70 Å². The summed E-state index contributed by atoms with van der Waals surface area (Å²) >= 11 is 1.56. The third-order valence-electron chi connectivity index (χ3n) is 2.46. The van der Waals surface area contributed by atoms with Gasteiger partial charge in [-0.15, -0.1) is 11.3 Å². The number of aliphatic imine (C=N–C) groups is 1. The lowest BCUT2D eigenvalue weighted by Crippen LogP contribution is -2.04. The summed E-state index contributed by atoms with van der Waals surface area (Å²) in [4.78, 5) is 16.9. The summed E-state index contributed by atoms with van der Waals surface area (Å²) in [6, 6.07) is 13.3. The smallest absolute Gasteiger partial charge is 0.363 e. The van der Waals surface area contributed by atoms with E-state index in [0.29, 0.717) is 11.6 Å². The van der Waals surface area contributed by atoms with Gasteiger partial charge in [-0.2, -0.15) is 0 Å². The molecule has 88 valence electrons. The number of esters is 1. The van der Waals surface area contributed by atoms with E-state index in [0.717, 1.165) is 10.4 Å². The number of thiophene rings is 1. The largest absolute Gasteiger partial charge is 0.402 e. The van der Waals surface area contributed by atoms with Crippen LogP contribution in [0, 0.1) is 0 Å². The molecule has 0 N–H and O–H groups in total. The van der Waals surface area contributed by atoms with Crippen molar-refractivity contribution in [2.24, 2.45) is 4.99 Å². The van der Waals surface area contributed by atoms with Crippen LogP contribution < -0.4 is 0 Å². The van der Waals surface area contributed by atoms with E-state index >= 15 is 0 Å². The highest BCUT2D eigenvalue weighted by Crippen LogP contribution is 2.20. The fourth-order valence-corrected chi connectivity index (χ4v) is 2.27. The Bertz CT molecular complexity index is 627. The van der Waals surface area contributed by atoms with E-state index in [1.165, 1.54) is 0 Å². The van der Waals surface area contributed by atoms with Crippen molar-refractivity contribution in [1.29, 1.82) is 0 Å². The quantitative estimate of drug-likeness (QED) is 0.611. The van der Waals surface area contributed by atoms with Crippen LogP contribution in [0.15, 0.2) is 58.5 Å². The Balaban J connectivity index is 1.95. The standard InChI is InChI=1S/C14H9NO2S/c16-14-12(9-11-7-4-8-18-11)15-13(17-14)10-5-2-1-3-6-10/h1-9H/b12-9+. The van der Waals surface area contributed by atoms with E-state index in [1.54, 1.807) is 17.4 Å². The van der Waals surface area contributed by atoms with Gasteiger partial charge < -0.3 is 4.74 Å². The molecule has 2 aromatic rings. The molecule has 1 aromatic carbocycles. The van der Waals surface area contributed by atoms with Crippen LogP contribution in [0.2, 0.25) is 0 Å². The van der Waals surface area contributed by atoms with Crippen molar-refractivity contribution in [2.45, 2.75) is 0 Å². The highest BCUT2D eigenvalue weighted by molar-refractivity contribution is 7.10. The number of carbonyl (C=O) groups excluding carboxylic acids is 1. The Labute approximate surface area is 108 Å². The van der Waals surface area contributed by atoms with Gasteiger partial charge in [-0.25, -0.2) is 9.79 Å². The SMILES string of the molecule is O=C1OC(c2ccccc2)=N/C1=C/c1cccs1. The van der Waals surface area contributed by atoms with Crippen molar-refractivity contribution in [1.82, 2.24) is 0 Å². The number of hydrogen-bond acceptors (Lipinski definition) is 4. The number of rotatable bonds is 2. The third-order valence-corrected chi connectivity index (χ3v) is 3.28. The second-order valence-electron chi connectivity index (χ2n) is 3.72. The molecule has 1 aliphatic heterocycles. The van der Waals surface area contributed by atoms with Crippen molar-refractivity contribution >= 4 is 29.3 Å². The maximum Gasteiger partial charge on any atom is 0.363 e. The predicted molar refractivity (Wildman–Crippen MR) is 71.4 cm³/mol. The summed E-state index contributed by atoms with van der Waals surface area (Å²) in [6.45, 7) is 0. The monoisotopic (exact) mass is 255 g/mol. The van der Waals surface area contributed by atoms with Gasteiger partial charge in [0, 0.05) is 10.4 Å². The molecule has 0 saturated carbocycles. The van der Waals surface area contributed by atoms with Gasteiger partial charge in [-0.05, 0) is 29.7 Å². The van der Waals surface area contributed by atoms with Crippen LogP contribution in [0.4, 0.5) is 0 Å². The van der Waals surface area contributed by atoms with E-state index in [-0.39, 0.29) is 0 Å². The molecule has 0 aliphatic carbocycles. The van der Waals surface area contributed by atoms with Crippen LogP contribution >= 0.6 is 11.3 Å². The molecule has 0 atom stereocenters. The highest BCUT2D eigenvalue weighted by atomic mass is 32.1.